The van der Waals surface area contributed by atoms with Crippen molar-refractivity contribution in [3.05, 3.63) is 142 Å². The molecule has 2 heterocycles. The van der Waals surface area contributed by atoms with E-state index in [4.69, 9.17) is 14.5 Å². The van der Waals surface area contributed by atoms with Gasteiger partial charge in [0, 0.05) is 3.57 Å². The molecule has 0 saturated heterocycles. The van der Waals surface area contributed by atoms with Crippen molar-refractivity contribution < 1.29 is 14.3 Å². The maximum absolute atomic E-state index is 13.9. The largest absolute Gasteiger partial charge is 0.489 e. The highest BCUT2D eigenvalue weighted by molar-refractivity contribution is 14.1. The first-order valence-corrected chi connectivity index (χ1v) is 15.1. The summed E-state index contributed by atoms with van der Waals surface area (Å²) in [6, 6.07) is 23.1. The van der Waals surface area contributed by atoms with Gasteiger partial charge in [0.05, 0.1) is 29.0 Å². The Bertz CT molecular complexity index is 1800. The summed E-state index contributed by atoms with van der Waals surface area (Å²) in [5.41, 5.74) is 4.58. The number of benzene rings is 3. The van der Waals surface area contributed by atoms with Crippen molar-refractivity contribution in [1.29, 1.82) is 0 Å². The average Bonchev–Trinajstić information content (AvgIpc) is 3.30. The fourth-order valence-corrected chi connectivity index (χ4v) is 6.23. The second-order valence-corrected chi connectivity index (χ2v) is 11.7. The zero-order chi connectivity index (χ0) is 28.9. The maximum atomic E-state index is 13.9. The van der Waals surface area contributed by atoms with Crippen molar-refractivity contribution in [3.63, 3.8) is 0 Å². The number of allylic oxidation sites excluding steroid dienone is 2. The van der Waals surface area contributed by atoms with Gasteiger partial charge < -0.3 is 9.47 Å². The monoisotopic (exact) mass is 676 g/mol. The summed E-state index contributed by atoms with van der Waals surface area (Å²) >= 11 is 3.60. The van der Waals surface area contributed by atoms with Crippen molar-refractivity contribution in [1.82, 2.24) is 4.57 Å². The number of carbonyl (C=O) groups excluding carboxylic acids is 1. The third-order valence-corrected chi connectivity index (χ3v) is 8.52. The van der Waals surface area contributed by atoms with Crippen molar-refractivity contribution in [2.24, 2.45) is 4.99 Å². The van der Waals surface area contributed by atoms with E-state index in [-0.39, 0.29) is 5.56 Å². The van der Waals surface area contributed by atoms with Gasteiger partial charge in [-0.1, -0.05) is 72.9 Å². The first-order valence-electron chi connectivity index (χ1n) is 13.2. The van der Waals surface area contributed by atoms with E-state index in [0.717, 1.165) is 28.0 Å². The van der Waals surface area contributed by atoms with Crippen LogP contribution in [0.4, 0.5) is 0 Å². The molecule has 1 aliphatic rings. The molecule has 3 aromatic carbocycles. The number of hydrogen-bond acceptors (Lipinski definition) is 6. The number of rotatable bonds is 9. The van der Waals surface area contributed by atoms with Crippen LogP contribution in [0, 0.1) is 3.57 Å². The lowest BCUT2D eigenvalue weighted by Crippen LogP contribution is -2.40. The second kappa shape index (κ2) is 12.8. The molecular formula is C33H29IN2O4S. The number of aromatic nitrogens is 1. The van der Waals surface area contributed by atoms with Crippen molar-refractivity contribution in [3.8, 4) is 5.75 Å². The van der Waals surface area contributed by atoms with Gasteiger partial charge in [-0.15, -0.1) is 6.58 Å². The van der Waals surface area contributed by atoms with Gasteiger partial charge in [0.15, 0.2) is 4.80 Å². The first-order chi connectivity index (χ1) is 19.9. The number of halogens is 1. The van der Waals surface area contributed by atoms with Gasteiger partial charge in [-0.2, -0.15) is 0 Å². The topological polar surface area (TPSA) is 69.9 Å². The van der Waals surface area contributed by atoms with Crippen LogP contribution < -0.4 is 19.6 Å². The number of methoxy groups -OCH3 is 1. The van der Waals surface area contributed by atoms with Crippen LogP contribution >= 0.6 is 33.9 Å². The minimum absolute atomic E-state index is 0.205. The first kappa shape index (κ1) is 28.8. The van der Waals surface area contributed by atoms with Gasteiger partial charge in [0.1, 0.15) is 12.4 Å². The van der Waals surface area contributed by atoms with Crippen LogP contribution in [0.25, 0.3) is 6.08 Å². The Labute approximate surface area is 256 Å². The molecule has 0 aliphatic carbocycles. The Morgan fingerprint density at radius 2 is 1.88 bits per heavy atom. The minimum Gasteiger partial charge on any atom is -0.489 e. The van der Waals surface area contributed by atoms with Gasteiger partial charge in [-0.05, 0) is 88.0 Å². The van der Waals surface area contributed by atoms with E-state index >= 15 is 0 Å². The summed E-state index contributed by atoms with van der Waals surface area (Å²) in [6.45, 7) is 6.31. The molecule has 1 atom stereocenters. The SMILES string of the molecule is C=CCc1cc(/C=c2\sc3n(c2=O)[C@@H](c2ccccc2)C(C(=O)OC)=C(CC)N=3)ccc1OCc1ccc(I)cc1. The maximum Gasteiger partial charge on any atom is 0.338 e. The van der Waals surface area contributed by atoms with Crippen LogP contribution in [-0.4, -0.2) is 17.6 Å². The molecule has 8 heteroatoms. The zero-order valence-corrected chi connectivity index (χ0v) is 25.8. The summed E-state index contributed by atoms with van der Waals surface area (Å²) in [6.07, 6.45) is 4.87. The highest BCUT2D eigenvalue weighted by Crippen LogP contribution is 2.31. The van der Waals surface area contributed by atoms with Crippen molar-refractivity contribution >= 4 is 46.0 Å². The molecule has 6 nitrogen and oxygen atoms in total. The summed E-state index contributed by atoms with van der Waals surface area (Å²) in [4.78, 5) is 32.1. The summed E-state index contributed by atoms with van der Waals surface area (Å²) in [5, 5.41) is 0. The third kappa shape index (κ3) is 6.13. The number of hydrogen-bond donors (Lipinski definition) is 0. The van der Waals surface area contributed by atoms with Crippen molar-refractivity contribution in [2.75, 3.05) is 7.11 Å². The Morgan fingerprint density at radius 3 is 2.56 bits per heavy atom. The second-order valence-electron chi connectivity index (χ2n) is 9.47. The van der Waals surface area contributed by atoms with Crippen LogP contribution in [-0.2, 0) is 22.6 Å². The van der Waals surface area contributed by atoms with E-state index in [1.165, 1.54) is 22.0 Å². The van der Waals surface area contributed by atoms with E-state index in [1.54, 1.807) is 4.57 Å². The Morgan fingerprint density at radius 1 is 1.12 bits per heavy atom. The Balaban J connectivity index is 1.56. The lowest BCUT2D eigenvalue weighted by atomic mass is 9.95. The van der Waals surface area contributed by atoms with Crippen molar-refractivity contribution in [2.45, 2.75) is 32.4 Å². The summed E-state index contributed by atoms with van der Waals surface area (Å²) in [5.74, 6) is 0.296. The fraction of sp³-hybridized carbons (Fsp3) is 0.182. The van der Waals surface area contributed by atoms with Gasteiger partial charge in [-0.25, -0.2) is 9.79 Å². The number of nitrogens with zero attached hydrogens (tertiary/aromatic N) is 2. The minimum atomic E-state index is -0.620. The lowest BCUT2D eigenvalue weighted by molar-refractivity contribution is -0.136. The smallest absolute Gasteiger partial charge is 0.338 e. The third-order valence-electron chi connectivity index (χ3n) is 6.82. The highest BCUT2D eigenvalue weighted by Gasteiger charge is 2.33. The molecule has 4 aromatic rings. The normalized spacial score (nSPS) is 14.8. The van der Waals surface area contributed by atoms with E-state index in [9.17, 15) is 9.59 Å². The van der Waals surface area contributed by atoms with Crippen LogP contribution in [0.5, 0.6) is 5.75 Å². The Kier molecular flexibility index (Phi) is 8.99. The molecular weight excluding hydrogens is 647 g/mol. The number of carbonyl (C=O) groups is 1. The molecule has 0 fully saturated rings. The predicted molar refractivity (Wildman–Crippen MR) is 171 cm³/mol. The molecule has 0 amide bonds. The van der Waals surface area contributed by atoms with E-state index in [1.807, 2.05) is 67.6 Å². The van der Waals surface area contributed by atoms with E-state index in [0.29, 0.717) is 40.1 Å². The fourth-order valence-electron chi connectivity index (χ4n) is 4.85. The molecule has 208 valence electrons. The number of esters is 1. The number of thiazole rings is 1. The average molecular weight is 677 g/mol. The molecule has 5 rings (SSSR count). The summed E-state index contributed by atoms with van der Waals surface area (Å²) in [7, 11) is 1.35. The quantitative estimate of drug-likeness (QED) is 0.130. The zero-order valence-electron chi connectivity index (χ0n) is 22.8. The van der Waals surface area contributed by atoms with Crippen LogP contribution in [0.3, 0.4) is 0 Å². The molecule has 0 spiro atoms. The predicted octanol–water partition coefficient (Wildman–Crippen LogP) is 5.71. The van der Waals surface area contributed by atoms with E-state index in [2.05, 4.69) is 53.4 Å². The molecule has 1 aromatic heterocycles. The molecule has 0 N–H and O–H groups in total. The Hall–Kier alpha value is -3.76. The molecule has 0 bridgehead atoms. The molecule has 0 radical (unpaired) electrons. The number of ether oxygens (including phenoxy) is 2. The molecule has 0 unspecified atom stereocenters. The molecule has 41 heavy (non-hydrogen) atoms. The molecule has 0 saturated carbocycles. The van der Waals surface area contributed by atoms with Crippen LogP contribution in [0.15, 0.2) is 107 Å². The van der Waals surface area contributed by atoms with Gasteiger partial charge >= 0.3 is 5.97 Å². The number of fused-ring (bicyclic) bond motifs is 1. The standard InChI is InChI=1S/C33H29IN2O4S/c1-4-9-24-18-22(14-17-27(24)40-20-21-12-15-25(34)16-13-21)19-28-31(37)36-30(23-10-7-6-8-11-23)29(32(38)39-3)26(5-2)35-33(36)41-28/h4,6-8,10-19,30H,1,5,9,20H2,2-3H3/b28-19-/t30-/m0/s1. The summed E-state index contributed by atoms with van der Waals surface area (Å²) < 4.78 is 14.6. The molecule has 1 aliphatic heterocycles. The lowest BCUT2D eigenvalue weighted by Gasteiger charge is -2.25. The van der Waals surface area contributed by atoms with Gasteiger partial charge in [0.25, 0.3) is 5.56 Å². The van der Waals surface area contributed by atoms with Crippen LogP contribution in [0.2, 0.25) is 0 Å². The van der Waals surface area contributed by atoms with Gasteiger partial charge in [0.2, 0.25) is 0 Å². The van der Waals surface area contributed by atoms with Gasteiger partial charge in [-0.3, -0.25) is 9.36 Å². The highest BCUT2D eigenvalue weighted by atomic mass is 127. The van der Waals surface area contributed by atoms with E-state index < -0.39 is 12.0 Å². The van der Waals surface area contributed by atoms with Crippen LogP contribution in [0.1, 0.15) is 41.6 Å².